The zero-order valence-electron chi connectivity index (χ0n) is 18.6. The molecule has 4 aromatic carbocycles. The van der Waals surface area contributed by atoms with Crippen LogP contribution in [0.5, 0.6) is 5.75 Å². The number of hydrogen-bond donors (Lipinski definition) is 2. The Kier molecular flexibility index (Phi) is 7.98. The van der Waals surface area contributed by atoms with Gasteiger partial charge < -0.3 is 9.84 Å². The van der Waals surface area contributed by atoms with E-state index in [1.165, 1.54) is 6.21 Å². The third kappa shape index (κ3) is 5.80. The molecule has 0 unspecified atom stereocenters. The van der Waals surface area contributed by atoms with Crippen molar-refractivity contribution in [2.45, 2.75) is 12.2 Å². The third-order valence-electron chi connectivity index (χ3n) is 5.34. The van der Waals surface area contributed by atoms with Gasteiger partial charge in [0.2, 0.25) is 0 Å². The van der Waals surface area contributed by atoms with E-state index in [2.05, 4.69) is 26.5 Å². The molecule has 1 amide bonds. The maximum absolute atomic E-state index is 13.1. The number of nitrogens with zero attached hydrogens (tertiary/aromatic N) is 1. The van der Waals surface area contributed by atoms with Crippen LogP contribution in [0.2, 0.25) is 5.02 Å². The number of carbonyl (C=O) groups is 1. The van der Waals surface area contributed by atoms with Crippen LogP contribution in [0.1, 0.15) is 22.3 Å². The molecule has 0 saturated carbocycles. The minimum absolute atomic E-state index is 0.375. The summed E-state index contributed by atoms with van der Waals surface area (Å²) in [5, 5.41) is 15.9. The van der Waals surface area contributed by atoms with Crippen molar-refractivity contribution in [3.05, 3.63) is 135 Å². The number of rotatable bonds is 8. The number of halogens is 2. The van der Waals surface area contributed by atoms with Crippen LogP contribution in [0.3, 0.4) is 0 Å². The van der Waals surface area contributed by atoms with Crippen molar-refractivity contribution in [2.24, 2.45) is 5.10 Å². The van der Waals surface area contributed by atoms with Crippen molar-refractivity contribution >= 4 is 39.7 Å². The van der Waals surface area contributed by atoms with E-state index < -0.39 is 11.5 Å². The van der Waals surface area contributed by atoms with Crippen LogP contribution in [-0.4, -0.2) is 17.2 Å². The zero-order valence-corrected chi connectivity index (χ0v) is 20.9. The van der Waals surface area contributed by atoms with Crippen LogP contribution < -0.4 is 10.2 Å². The number of hydrogen-bond acceptors (Lipinski definition) is 4. The molecule has 0 aliphatic carbocycles. The highest BCUT2D eigenvalue weighted by Gasteiger charge is 2.39. The molecule has 0 aliphatic heterocycles. The van der Waals surface area contributed by atoms with Gasteiger partial charge in [-0.1, -0.05) is 103 Å². The van der Waals surface area contributed by atoms with E-state index in [0.29, 0.717) is 38.5 Å². The third-order valence-corrected chi connectivity index (χ3v) is 6.21. The first-order chi connectivity index (χ1) is 17.0. The molecule has 4 rings (SSSR count). The lowest BCUT2D eigenvalue weighted by atomic mass is 9.85. The second-order valence-corrected chi connectivity index (χ2v) is 8.99. The monoisotopic (exact) mass is 548 g/mol. The molecule has 2 N–H and O–H groups in total. The Morgan fingerprint density at radius 3 is 2.03 bits per heavy atom. The number of hydrazone groups is 1. The van der Waals surface area contributed by atoms with Gasteiger partial charge in [-0.2, -0.15) is 5.10 Å². The van der Waals surface area contributed by atoms with Crippen LogP contribution in [-0.2, 0) is 17.0 Å². The summed E-state index contributed by atoms with van der Waals surface area (Å²) < 4.78 is 6.52. The molecule has 0 aliphatic rings. The first-order valence-corrected chi connectivity index (χ1v) is 12.0. The molecule has 0 atom stereocenters. The van der Waals surface area contributed by atoms with Crippen molar-refractivity contribution in [1.29, 1.82) is 0 Å². The van der Waals surface area contributed by atoms with E-state index in [9.17, 15) is 9.90 Å². The fraction of sp³-hybridized carbons (Fsp3) is 0.0714. The topological polar surface area (TPSA) is 70.9 Å². The van der Waals surface area contributed by atoms with Crippen molar-refractivity contribution in [3.63, 3.8) is 0 Å². The molecule has 0 aromatic heterocycles. The molecule has 5 nitrogen and oxygen atoms in total. The highest BCUT2D eigenvalue weighted by atomic mass is 79.9. The van der Waals surface area contributed by atoms with E-state index >= 15 is 0 Å². The summed E-state index contributed by atoms with van der Waals surface area (Å²) in [6, 6.07) is 30.7. The quantitative estimate of drug-likeness (QED) is 0.207. The fourth-order valence-electron chi connectivity index (χ4n) is 3.56. The summed E-state index contributed by atoms with van der Waals surface area (Å²) in [6.07, 6.45) is 1.45. The van der Waals surface area contributed by atoms with E-state index in [1.54, 1.807) is 60.7 Å². The van der Waals surface area contributed by atoms with E-state index in [4.69, 9.17) is 16.3 Å². The minimum Gasteiger partial charge on any atom is -0.486 e. The lowest BCUT2D eigenvalue weighted by Crippen LogP contribution is -2.43. The van der Waals surface area contributed by atoms with Gasteiger partial charge in [-0.25, -0.2) is 5.43 Å². The second-order valence-electron chi connectivity index (χ2n) is 7.73. The second kappa shape index (κ2) is 11.3. The van der Waals surface area contributed by atoms with Gasteiger partial charge in [-0.3, -0.25) is 4.79 Å². The van der Waals surface area contributed by atoms with Gasteiger partial charge in [0.05, 0.1) is 15.7 Å². The molecule has 0 heterocycles. The van der Waals surface area contributed by atoms with Crippen LogP contribution in [0.4, 0.5) is 0 Å². The summed E-state index contributed by atoms with van der Waals surface area (Å²) in [5.41, 5.74) is 3.08. The maximum Gasteiger partial charge on any atom is 0.281 e. The smallest absolute Gasteiger partial charge is 0.281 e. The number of aliphatic hydroxyl groups is 1. The Morgan fingerprint density at radius 1 is 0.943 bits per heavy atom. The van der Waals surface area contributed by atoms with Gasteiger partial charge in [0, 0.05) is 0 Å². The molecule has 176 valence electrons. The average Bonchev–Trinajstić information content (AvgIpc) is 2.89. The summed E-state index contributed by atoms with van der Waals surface area (Å²) in [4.78, 5) is 13.1. The molecule has 0 radical (unpaired) electrons. The molecule has 0 bridgehead atoms. The number of benzene rings is 4. The Balaban J connectivity index is 1.50. The lowest BCUT2D eigenvalue weighted by molar-refractivity contribution is -0.136. The molecular formula is C28H22BrClN2O3. The van der Waals surface area contributed by atoms with Gasteiger partial charge >= 0.3 is 0 Å². The van der Waals surface area contributed by atoms with E-state index in [0.717, 1.165) is 5.56 Å². The Bertz CT molecular complexity index is 1250. The Labute approximate surface area is 217 Å². The highest BCUT2D eigenvalue weighted by molar-refractivity contribution is 9.10. The molecular weight excluding hydrogens is 528 g/mol. The van der Waals surface area contributed by atoms with Crippen molar-refractivity contribution < 1.29 is 14.6 Å². The first kappa shape index (κ1) is 24.7. The molecule has 7 heteroatoms. The normalized spacial score (nSPS) is 11.4. The van der Waals surface area contributed by atoms with Crippen LogP contribution in [0.15, 0.2) is 113 Å². The predicted molar refractivity (Wildman–Crippen MR) is 142 cm³/mol. The van der Waals surface area contributed by atoms with Crippen LogP contribution in [0, 0.1) is 0 Å². The van der Waals surface area contributed by atoms with E-state index in [1.807, 2.05) is 42.5 Å². The minimum atomic E-state index is -1.91. The summed E-state index contributed by atoms with van der Waals surface area (Å²) in [7, 11) is 0. The first-order valence-electron chi connectivity index (χ1n) is 10.8. The number of ether oxygens (including phenoxy) is 1. The Hall–Kier alpha value is -3.45. The number of carbonyl (C=O) groups excluding carboxylic acids is 1. The van der Waals surface area contributed by atoms with E-state index in [-0.39, 0.29) is 0 Å². The van der Waals surface area contributed by atoms with Gasteiger partial charge in [-0.05, 0) is 50.3 Å². The van der Waals surface area contributed by atoms with Gasteiger partial charge in [0.1, 0.15) is 6.61 Å². The molecule has 35 heavy (non-hydrogen) atoms. The molecule has 0 fully saturated rings. The summed E-state index contributed by atoms with van der Waals surface area (Å²) in [6.45, 7) is 0.375. The number of nitrogens with one attached hydrogen (secondary N) is 1. The summed E-state index contributed by atoms with van der Waals surface area (Å²) in [5.74, 6) is -0.168. The van der Waals surface area contributed by atoms with Crippen molar-refractivity contribution in [2.75, 3.05) is 0 Å². The molecule has 0 spiro atoms. The van der Waals surface area contributed by atoms with Crippen LogP contribution in [0.25, 0.3) is 0 Å². The lowest BCUT2D eigenvalue weighted by Gasteiger charge is -2.27. The predicted octanol–water partition coefficient (Wildman–Crippen LogP) is 6.07. The number of amides is 1. The summed E-state index contributed by atoms with van der Waals surface area (Å²) >= 11 is 9.92. The van der Waals surface area contributed by atoms with Crippen molar-refractivity contribution in [1.82, 2.24) is 5.43 Å². The van der Waals surface area contributed by atoms with Gasteiger partial charge in [-0.15, -0.1) is 0 Å². The van der Waals surface area contributed by atoms with Gasteiger partial charge in [0.25, 0.3) is 5.91 Å². The standard InChI is InChI=1S/C28H22BrClN2O3/c29-24-16-21(17-25(30)26(24)35-19-20-10-4-1-5-11-20)18-31-32-27(33)28(34,22-12-6-2-7-13-22)23-14-8-3-9-15-23/h1-18,34H,19H2,(H,32,33)/b31-18+. The highest BCUT2D eigenvalue weighted by Crippen LogP contribution is 2.35. The largest absolute Gasteiger partial charge is 0.486 e. The SMILES string of the molecule is O=C(N/N=C/c1cc(Cl)c(OCc2ccccc2)c(Br)c1)C(O)(c1ccccc1)c1ccccc1. The zero-order chi connectivity index (χ0) is 24.7. The fourth-order valence-corrected chi connectivity index (χ4v) is 4.54. The average molecular weight is 550 g/mol. The Morgan fingerprint density at radius 2 is 1.49 bits per heavy atom. The van der Waals surface area contributed by atoms with Crippen molar-refractivity contribution in [3.8, 4) is 5.75 Å². The van der Waals surface area contributed by atoms with Crippen LogP contribution >= 0.6 is 27.5 Å². The molecule has 4 aromatic rings. The maximum atomic E-state index is 13.1. The van der Waals surface area contributed by atoms with Gasteiger partial charge in [0.15, 0.2) is 11.4 Å². The molecule has 0 saturated heterocycles.